The fourth-order valence-electron chi connectivity index (χ4n) is 2.13. The average molecular weight is 251 g/mol. The van der Waals surface area contributed by atoms with Gasteiger partial charge >= 0.3 is 0 Å². The quantitative estimate of drug-likeness (QED) is 0.746. The lowest BCUT2D eigenvalue weighted by atomic mass is 9.96. The summed E-state index contributed by atoms with van der Waals surface area (Å²) in [5, 5.41) is 3.47. The zero-order valence-electron chi connectivity index (χ0n) is 12.1. The van der Waals surface area contributed by atoms with Gasteiger partial charge in [0.1, 0.15) is 5.82 Å². The van der Waals surface area contributed by atoms with Crippen LogP contribution in [0.5, 0.6) is 0 Å². The molecule has 1 unspecified atom stereocenters. The van der Waals surface area contributed by atoms with Crippen LogP contribution in [0.2, 0.25) is 0 Å². The van der Waals surface area contributed by atoms with Crippen molar-refractivity contribution in [2.75, 3.05) is 6.54 Å². The average Bonchev–Trinajstić information content (AvgIpc) is 2.33. The molecule has 1 nitrogen and oxygen atoms in total. The van der Waals surface area contributed by atoms with Crippen molar-refractivity contribution in [1.29, 1.82) is 0 Å². The van der Waals surface area contributed by atoms with Crippen molar-refractivity contribution < 1.29 is 4.39 Å². The zero-order valence-corrected chi connectivity index (χ0v) is 12.1. The standard InChI is InChI=1S/C16H26FN/c1-5-11-18-15(10-9-12(2)3)14-8-6-7-13(4)16(14)17/h6-8,12,15,18H,5,9-11H2,1-4H3. The van der Waals surface area contributed by atoms with Crippen LogP contribution in [0.1, 0.15) is 57.2 Å². The highest BCUT2D eigenvalue weighted by Crippen LogP contribution is 2.25. The Balaban J connectivity index is 2.83. The molecule has 0 spiro atoms. The molecule has 1 N–H and O–H groups in total. The fourth-order valence-corrected chi connectivity index (χ4v) is 2.13. The highest BCUT2D eigenvalue weighted by molar-refractivity contribution is 5.27. The molecule has 0 aromatic heterocycles. The third-order valence-corrected chi connectivity index (χ3v) is 3.27. The van der Waals surface area contributed by atoms with E-state index >= 15 is 0 Å². The molecular weight excluding hydrogens is 225 g/mol. The molecule has 2 heteroatoms. The topological polar surface area (TPSA) is 12.0 Å². The Morgan fingerprint density at radius 1 is 1.22 bits per heavy atom. The van der Waals surface area contributed by atoms with E-state index in [9.17, 15) is 4.39 Å². The van der Waals surface area contributed by atoms with Crippen LogP contribution in [0.15, 0.2) is 18.2 Å². The number of hydrogen-bond acceptors (Lipinski definition) is 1. The number of nitrogens with one attached hydrogen (secondary N) is 1. The second-order valence-electron chi connectivity index (χ2n) is 5.46. The predicted octanol–water partition coefficient (Wildman–Crippen LogP) is 4.61. The highest BCUT2D eigenvalue weighted by Gasteiger charge is 2.16. The Labute approximate surface area is 111 Å². The Hall–Kier alpha value is -0.890. The third-order valence-electron chi connectivity index (χ3n) is 3.27. The van der Waals surface area contributed by atoms with Crippen molar-refractivity contribution in [1.82, 2.24) is 5.32 Å². The number of benzene rings is 1. The van der Waals surface area contributed by atoms with Crippen molar-refractivity contribution in [2.45, 2.75) is 53.0 Å². The monoisotopic (exact) mass is 251 g/mol. The number of rotatable bonds is 7. The van der Waals surface area contributed by atoms with Gasteiger partial charge in [0.15, 0.2) is 0 Å². The number of aryl methyl sites for hydroxylation is 1. The van der Waals surface area contributed by atoms with Gasteiger partial charge in [0.05, 0.1) is 0 Å². The lowest BCUT2D eigenvalue weighted by Gasteiger charge is -2.21. The van der Waals surface area contributed by atoms with Gasteiger partial charge < -0.3 is 5.32 Å². The van der Waals surface area contributed by atoms with Crippen LogP contribution >= 0.6 is 0 Å². The number of halogens is 1. The molecule has 0 fully saturated rings. The first-order valence-electron chi connectivity index (χ1n) is 7.04. The minimum absolute atomic E-state index is 0.0464. The van der Waals surface area contributed by atoms with Crippen LogP contribution in [0, 0.1) is 18.7 Å². The van der Waals surface area contributed by atoms with Gasteiger partial charge in [-0.25, -0.2) is 4.39 Å². The van der Waals surface area contributed by atoms with Gasteiger partial charge in [-0.3, -0.25) is 0 Å². The van der Waals surface area contributed by atoms with Crippen molar-refractivity contribution in [3.8, 4) is 0 Å². The molecule has 0 bridgehead atoms. The lowest BCUT2D eigenvalue weighted by molar-refractivity contribution is 0.426. The van der Waals surface area contributed by atoms with E-state index < -0.39 is 0 Å². The molecule has 0 amide bonds. The predicted molar refractivity (Wildman–Crippen MR) is 76.2 cm³/mol. The molecule has 102 valence electrons. The molecule has 1 atom stereocenters. The molecule has 1 aromatic rings. The van der Waals surface area contributed by atoms with Gasteiger partial charge in [0, 0.05) is 11.6 Å². The van der Waals surface area contributed by atoms with Crippen molar-refractivity contribution >= 4 is 0 Å². The summed E-state index contributed by atoms with van der Waals surface area (Å²) in [5.74, 6) is 0.610. The Kier molecular flexibility index (Phi) is 6.34. The normalized spacial score (nSPS) is 13.0. The van der Waals surface area contributed by atoms with Crippen molar-refractivity contribution in [3.63, 3.8) is 0 Å². The van der Waals surface area contributed by atoms with Gasteiger partial charge in [-0.15, -0.1) is 0 Å². The summed E-state index contributed by atoms with van der Waals surface area (Å²) in [5.41, 5.74) is 1.56. The second-order valence-corrected chi connectivity index (χ2v) is 5.46. The fraction of sp³-hybridized carbons (Fsp3) is 0.625. The molecule has 1 aromatic carbocycles. The molecule has 18 heavy (non-hydrogen) atoms. The molecule has 0 aliphatic rings. The maximum absolute atomic E-state index is 14.2. The van der Waals surface area contributed by atoms with Gasteiger partial charge in [-0.05, 0) is 44.2 Å². The Bertz CT molecular complexity index is 360. The summed E-state index contributed by atoms with van der Waals surface area (Å²) >= 11 is 0. The Morgan fingerprint density at radius 2 is 1.94 bits per heavy atom. The first-order chi connectivity index (χ1) is 8.56. The molecule has 0 radical (unpaired) electrons. The summed E-state index contributed by atoms with van der Waals surface area (Å²) in [7, 11) is 0. The molecule has 0 saturated carbocycles. The molecule has 0 saturated heterocycles. The van der Waals surface area contributed by atoms with E-state index in [1.165, 1.54) is 0 Å². The summed E-state index contributed by atoms with van der Waals surface area (Å²) in [6.07, 6.45) is 3.19. The first-order valence-corrected chi connectivity index (χ1v) is 7.04. The van der Waals surface area contributed by atoms with E-state index in [0.29, 0.717) is 5.92 Å². The van der Waals surface area contributed by atoms with E-state index in [-0.39, 0.29) is 11.9 Å². The second kappa shape index (κ2) is 7.52. The van der Waals surface area contributed by atoms with E-state index in [0.717, 1.165) is 36.9 Å². The largest absolute Gasteiger partial charge is 0.310 e. The summed E-state index contributed by atoms with van der Waals surface area (Å²) in [6.45, 7) is 9.33. The summed E-state index contributed by atoms with van der Waals surface area (Å²) < 4.78 is 14.2. The van der Waals surface area contributed by atoms with E-state index in [4.69, 9.17) is 0 Å². The smallest absolute Gasteiger partial charge is 0.130 e. The van der Waals surface area contributed by atoms with Crippen LogP contribution in [0.25, 0.3) is 0 Å². The van der Waals surface area contributed by atoms with Crippen LogP contribution in [0.4, 0.5) is 4.39 Å². The molecule has 0 aliphatic heterocycles. The van der Waals surface area contributed by atoms with Gasteiger partial charge in [-0.1, -0.05) is 39.0 Å². The van der Waals surface area contributed by atoms with Gasteiger partial charge in [0.2, 0.25) is 0 Å². The zero-order chi connectivity index (χ0) is 13.5. The van der Waals surface area contributed by atoms with Crippen molar-refractivity contribution in [2.24, 2.45) is 5.92 Å². The first kappa shape index (κ1) is 15.2. The molecule has 1 rings (SSSR count). The summed E-state index contributed by atoms with van der Waals surface area (Å²) in [4.78, 5) is 0. The molecule has 0 aliphatic carbocycles. The number of hydrogen-bond donors (Lipinski definition) is 1. The van der Waals surface area contributed by atoms with E-state index in [1.807, 2.05) is 25.1 Å². The van der Waals surface area contributed by atoms with Crippen LogP contribution in [-0.2, 0) is 0 Å². The highest BCUT2D eigenvalue weighted by atomic mass is 19.1. The molecular formula is C16H26FN. The van der Waals surface area contributed by atoms with Crippen molar-refractivity contribution in [3.05, 3.63) is 35.1 Å². The van der Waals surface area contributed by atoms with Crippen LogP contribution in [-0.4, -0.2) is 6.54 Å². The van der Waals surface area contributed by atoms with E-state index in [2.05, 4.69) is 26.1 Å². The SMILES string of the molecule is CCCNC(CCC(C)C)c1cccc(C)c1F. The maximum atomic E-state index is 14.2. The van der Waals surface area contributed by atoms with Gasteiger partial charge in [0.25, 0.3) is 0 Å². The maximum Gasteiger partial charge on any atom is 0.130 e. The summed E-state index contributed by atoms with van der Waals surface area (Å²) in [6, 6.07) is 5.84. The van der Waals surface area contributed by atoms with Crippen LogP contribution < -0.4 is 5.32 Å². The minimum Gasteiger partial charge on any atom is -0.310 e. The minimum atomic E-state index is -0.0464. The third kappa shape index (κ3) is 4.41. The van der Waals surface area contributed by atoms with E-state index in [1.54, 1.807) is 0 Å². The molecule has 0 heterocycles. The van der Waals surface area contributed by atoms with Gasteiger partial charge in [-0.2, -0.15) is 0 Å². The Morgan fingerprint density at radius 3 is 2.56 bits per heavy atom. The van der Waals surface area contributed by atoms with Crippen LogP contribution in [0.3, 0.4) is 0 Å². The lowest BCUT2D eigenvalue weighted by Crippen LogP contribution is -2.23.